The van der Waals surface area contributed by atoms with Crippen molar-refractivity contribution >= 4 is 0 Å². The Bertz CT molecular complexity index is 873. The number of likely N-dealkylation sites (tertiary alicyclic amines) is 1. The maximum atomic E-state index is 12.6. The molecule has 4 nitrogen and oxygen atoms in total. The smallest absolute Gasteiger partial charge is 0.387 e. The highest BCUT2D eigenvalue weighted by Crippen LogP contribution is 2.48. The zero-order valence-corrected chi connectivity index (χ0v) is 16.9. The molecule has 2 aromatic carbocycles. The molecule has 6 heteroatoms. The second-order valence-electron chi connectivity index (χ2n) is 8.65. The van der Waals surface area contributed by atoms with Crippen molar-refractivity contribution in [1.82, 2.24) is 4.90 Å². The molecule has 0 unspecified atom stereocenters. The molecule has 1 saturated carbocycles. The van der Waals surface area contributed by atoms with Crippen LogP contribution in [0, 0.1) is 17.8 Å². The summed E-state index contributed by atoms with van der Waals surface area (Å²) >= 11 is 0. The van der Waals surface area contributed by atoms with Crippen LogP contribution in [0.4, 0.5) is 8.78 Å². The predicted molar refractivity (Wildman–Crippen MR) is 109 cm³/mol. The second kappa shape index (κ2) is 8.52. The van der Waals surface area contributed by atoms with Crippen LogP contribution in [0.1, 0.15) is 30.0 Å². The molecule has 3 atom stereocenters. The van der Waals surface area contributed by atoms with Gasteiger partial charge in [-0.3, -0.25) is 4.90 Å². The fraction of sp³-hybridized carbons (Fsp3) is 0.500. The molecule has 2 fully saturated rings. The molecule has 0 radical (unpaired) electrons. The average molecular weight is 415 g/mol. The summed E-state index contributed by atoms with van der Waals surface area (Å²) in [7, 11) is 0. The molecule has 0 bridgehead atoms. The molecule has 5 rings (SSSR count). The van der Waals surface area contributed by atoms with Crippen LogP contribution in [0.15, 0.2) is 48.5 Å². The predicted octanol–water partition coefficient (Wildman–Crippen LogP) is 4.90. The van der Waals surface area contributed by atoms with Gasteiger partial charge in [-0.2, -0.15) is 8.78 Å². The monoisotopic (exact) mass is 415 g/mol. The Morgan fingerprint density at radius 2 is 1.93 bits per heavy atom. The molecule has 0 N–H and O–H groups in total. The number of benzene rings is 2. The number of rotatable bonds is 8. The minimum absolute atomic E-state index is 0.204. The summed E-state index contributed by atoms with van der Waals surface area (Å²) in [5.74, 6) is 2.65. The van der Waals surface area contributed by atoms with E-state index < -0.39 is 6.61 Å². The van der Waals surface area contributed by atoms with Crippen molar-refractivity contribution in [2.75, 3.05) is 26.4 Å². The summed E-state index contributed by atoms with van der Waals surface area (Å²) in [6.07, 6.45) is 2.58. The van der Waals surface area contributed by atoms with Crippen LogP contribution in [0.3, 0.4) is 0 Å². The van der Waals surface area contributed by atoms with Gasteiger partial charge in [-0.05, 0) is 42.5 Å². The van der Waals surface area contributed by atoms with Crippen molar-refractivity contribution in [3.8, 4) is 11.5 Å². The Labute approximate surface area is 175 Å². The van der Waals surface area contributed by atoms with Gasteiger partial charge in [0.1, 0.15) is 11.5 Å². The van der Waals surface area contributed by atoms with Gasteiger partial charge in [0, 0.05) is 43.1 Å². The van der Waals surface area contributed by atoms with Gasteiger partial charge in [-0.25, -0.2) is 0 Å². The number of ether oxygens (including phenoxy) is 3. The maximum absolute atomic E-state index is 12.6. The topological polar surface area (TPSA) is 30.9 Å². The van der Waals surface area contributed by atoms with Gasteiger partial charge in [0.2, 0.25) is 0 Å². The van der Waals surface area contributed by atoms with Crippen LogP contribution in [0.5, 0.6) is 11.5 Å². The van der Waals surface area contributed by atoms with Gasteiger partial charge in [0.15, 0.2) is 0 Å². The lowest BCUT2D eigenvalue weighted by Gasteiger charge is -2.34. The van der Waals surface area contributed by atoms with Crippen LogP contribution in [0.2, 0.25) is 0 Å². The van der Waals surface area contributed by atoms with Crippen LogP contribution in [-0.2, 0) is 11.3 Å². The molecule has 0 spiro atoms. The maximum Gasteiger partial charge on any atom is 0.387 e. The fourth-order valence-electron chi connectivity index (χ4n) is 4.84. The molecule has 0 amide bonds. The second-order valence-corrected chi connectivity index (χ2v) is 8.65. The van der Waals surface area contributed by atoms with Crippen LogP contribution in [0.25, 0.3) is 0 Å². The number of fused-ring (bicyclic) bond motifs is 3. The minimum Gasteiger partial charge on any atom is -0.493 e. The first kappa shape index (κ1) is 19.8. The number of para-hydroxylation sites is 1. The lowest BCUT2D eigenvalue weighted by atomic mass is 9.85. The zero-order chi connectivity index (χ0) is 20.5. The minimum atomic E-state index is -2.81. The Morgan fingerprint density at radius 3 is 2.77 bits per heavy atom. The van der Waals surface area contributed by atoms with Gasteiger partial charge >= 0.3 is 6.61 Å². The first-order chi connectivity index (χ1) is 14.7. The molecule has 1 aliphatic carbocycles. The van der Waals surface area contributed by atoms with Crippen molar-refractivity contribution in [3.63, 3.8) is 0 Å². The number of hydrogen-bond donors (Lipinski definition) is 0. The van der Waals surface area contributed by atoms with E-state index in [-0.39, 0.29) is 11.8 Å². The Hall–Kier alpha value is -2.18. The molecule has 160 valence electrons. The van der Waals surface area contributed by atoms with Crippen molar-refractivity contribution < 1.29 is 23.0 Å². The highest BCUT2D eigenvalue weighted by atomic mass is 19.3. The highest BCUT2D eigenvalue weighted by molar-refractivity contribution is 5.39. The molecule has 2 heterocycles. The number of nitrogens with zero attached hydrogens (tertiary/aromatic N) is 1. The number of hydrogen-bond acceptors (Lipinski definition) is 4. The third-order valence-electron chi connectivity index (χ3n) is 6.43. The summed E-state index contributed by atoms with van der Waals surface area (Å²) in [6.45, 7) is 1.05. The number of alkyl halides is 2. The lowest BCUT2D eigenvalue weighted by Crippen LogP contribution is -2.32. The van der Waals surface area contributed by atoms with E-state index in [0.717, 1.165) is 37.0 Å². The molecule has 2 aromatic rings. The summed E-state index contributed by atoms with van der Waals surface area (Å²) in [6, 6.07) is 15.5. The standard InChI is InChI=1S/C24H27F2NO3/c25-24(26)30-19-5-3-4-17(10-19)11-27-12-18(14-28-13-16-8-9-16)21-15-29-22-7-2-1-6-20(22)23(21)27/h1-7,10,16,18,21,23-24H,8-9,11-15H2/t18-,21-,23-/m0/s1. The molecule has 2 aliphatic heterocycles. The Balaban J connectivity index is 1.36. The fourth-order valence-corrected chi connectivity index (χ4v) is 4.84. The van der Waals surface area contributed by atoms with Gasteiger partial charge in [0.05, 0.1) is 13.2 Å². The number of halogens is 2. The molecule has 0 aromatic heterocycles. The Morgan fingerprint density at radius 1 is 1.07 bits per heavy atom. The van der Waals surface area contributed by atoms with Crippen molar-refractivity contribution in [1.29, 1.82) is 0 Å². The first-order valence-corrected chi connectivity index (χ1v) is 10.7. The molecule has 30 heavy (non-hydrogen) atoms. The summed E-state index contributed by atoms with van der Waals surface area (Å²) < 4.78 is 42.0. The van der Waals surface area contributed by atoms with E-state index in [4.69, 9.17) is 9.47 Å². The normalized spacial score (nSPS) is 25.6. The van der Waals surface area contributed by atoms with E-state index >= 15 is 0 Å². The van der Waals surface area contributed by atoms with Gasteiger partial charge in [0.25, 0.3) is 0 Å². The summed E-state index contributed by atoms with van der Waals surface area (Å²) in [4.78, 5) is 2.44. The SMILES string of the molecule is FC(F)Oc1cccc(CN2C[C@@H](COCC3CC3)[C@@H]3COc4ccccc4[C@@H]32)c1. The van der Waals surface area contributed by atoms with E-state index in [2.05, 4.69) is 21.8 Å². The molecular formula is C24H27F2NO3. The van der Waals surface area contributed by atoms with E-state index in [9.17, 15) is 8.78 Å². The molecular weight excluding hydrogens is 388 g/mol. The van der Waals surface area contributed by atoms with E-state index in [0.29, 0.717) is 25.0 Å². The lowest BCUT2D eigenvalue weighted by molar-refractivity contribution is -0.0499. The van der Waals surface area contributed by atoms with E-state index in [1.807, 2.05) is 18.2 Å². The first-order valence-electron chi connectivity index (χ1n) is 10.7. The Kier molecular flexibility index (Phi) is 5.61. The van der Waals surface area contributed by atoms with Crippen LogP contribution in [-0.4, -0.2) is 37.9 Å². The van der Waals surface area contributed by atoms with Gasteiger partial charge < -0.3 is 14.2 Å². The third kappa shape index (κ3) is 4.30. The van der Waals surface area contributed by atoms with Crippen molar-refractivity contribution in [3.05, 3.63) is 59.7 Å². The van der Waals surface area contributed by atoms with Crippen molar-refractivity contribution in [2.45, 2.75) is 32.0 Å². The van der Waals surface area contributed by atoms with Crippen LogP contribution >= 0.6 is 0 Å². The highest BCUT2D eigenvalue weighted by Gasteiger charge is 2.46. The third-order valence-corrected chi connectivity index (χ3v) is 6.43. The quantitative estimate of drug-likeness (QED) is 0.614. The van der Waals surface area contributed by atoms with E-state index in [1.54, 1.807) is 18.2 Å². The molecule has 1 saturated heterocycles. The van der Waals surface area contributed by atoms with Crippen molar-refractivity contribution in [2.24, 2.45) is 17.8 Å². The van der Waals surface area contributed by atoms with Gasteiger partial charge in [-0.1, -0.05) is 30.3 Å². The molecule has 3 aliphatic rings. The summed E-state index contributed by atoms with van der Waals surface area (Å²) in [5.41, 5.74) is 2.17. The van der Waals surface area contributed by atoms with Crippen LogP contribution < -0.4 is 9.47 Å². The largest absolute Gasteiger partial charge is 0.493 e. The van der Waals surface area contributed by atoms with E-state index in [1.165, 1.54) is 18.4 Å². The summed E-state index contributed by atoms with van der Waals surface area (Å²) in [5, 5.41) is 0. The van der Waals surface area contributed by atoms with Gasteiger partial charge in [-0.15, -0.1) is 0 Å². The average Bonchev–Trinajstić information content (AvgIpc) is 3.49. The zero-order valence-electron chi connectivity index (χ0n) is 16.9.